The number of nitrogens with zero attached hydrogens (tertiary/aromatic N) is 2. The van der Waals surface area contributed by atoms with E-state index in [1.165, 1.54) is 4.90 Å². The van der Waals surface area contributed by atoms with Crippen LogP contribution < -0.4 is 4.90 Å². The lowest BCUT2D eigenvalue weighted by Crippen LogP contribution is -2.46. The number of carbonyl (C=O) groups is 4. The highest BCUT2D eigenvalue weighted by atomic mass is 79.9. The summed E-state index contributed by atoms with van der Waals surface area (Å²) in [6, 6.07) is 20.0. The molecule has 0 aliphatic carbocycles. The van der Waals surface area contributed by atoms with Crippen molar-refractivity contribution in [2.24, 2.45) is 11.8 Å². The van der Waals surface area contributed by atoms with Gasteiger partial charge in [0.1, 0.15) is 6.04 Å². The maximum absolute atomic E-state index is 14.0. The average Bonchev–Trinajstić information content (AvgIpc) is 3.40. The molecule has 6 nitrogen and oxygen atoms in total. The Bertz CT molecular complexity index is 1590. The molecule has 0 radical (unpaired) electrons. The first-order valence-corrected chi connectivity index (χ1v) is 13.6. The van der Waals surface area contributed by atoms with Crippen LogP contribution >= 0.6 is 15.9 Å². The number of imide groups is 1. The molecule has 2 amide bonds. The SMILES string of the molecule is Cc1ccc(N2C(=O)[C@@H]3[C@H](C2=O)[C@H]2C=C(C(=O)c4ccccc4)C=CN2[C@@H]3C(=O)c2ccc(Br)cc2)c(C)c1. The second-order valence-electron chi connectivity index (χ2n) is 10.2. The number of aryl methyl sites for hydroxylation is 2. The fraction of sp³-hybridized carbons (Fsp3) is 0.188. The van der Waals surface area contributed by atoms with Gasteiger partial charge in [0.15, 0.2) is 11.6 Å². The van der Waals surface area contributed by atoms with Gasteiger partial charge < -0.3 is 4.90 Å². The zero-order chi connectivity index (χ0) is 27.4. The van der Waals surface area contributed by atoms with E-state index in [0.29, 0.717) is 22.4 Å². The van der Waals surface area contributed by atoms with Gasteiger partial charge in [-0.25, -0.2) is 4.90 Å². The fourth-order valence-electron chi connectivity index (χ4n) is 6.03. The highest BCUT2D eigenvalue weighted by Gasteiger charge is 2.63. The van der Waals surface area contributed by atoms with Crippen molar-refractivity contribution in [1.82, 2.24) is 4.90 Å². The molecule has 3 aliphatic heterocycles. The second kappa shape index (κ2) is 9.58. The van der Waals surface area contributed by atoms with Crippen LogP contribution in [0.25, 0.3) is 0 Å². The van der Waals surface area contributed by atoms with Gasteiger partial charge in [0.2, 0.25) is 11.8 Å². The molecule has 3 aliphatic rings. The van der Waals surface area contributed by atoms with Crippen molar-refractivity contribution < 1.29 is 19.2 Å². The number of Topliss-reactive ketones (excluding diaryl/α,β-unsaturated/α-hetero) is 2. The molecule has 3 aromatic carbocycles. The summed E-state index contributed by atoms with van der Waals surface area (Å²) in [6.45, 7) is 3.82. The zero-order valence-corrected chi connectivity index (χ0v) is 23.0. The molecule has 3 heterocycles. The van der Waals surface area contributed by atoms with E-state index in [4.69, 9.17) is 0 Å². The highest BCUT2D eigenvalue weighted by molar-refractivity contribution is 9.10. The first kappa shape index (κ1) is 25.2. The third-order valence-corrected chi connectivity index (χ3v) is 8.37. The number of halogens is 1. The Hall–Kier alpha value is -4.10. The van der Waals surface area contributed by atoms with E-state index in [1.807, 2.05) is 32.0 Å². The Kier molecular flexibility index (Phi) is 6.19. The van der Waals surface area contributed by atoms with Gasteiger partial charge >= 0.3 is 0 Å². The van der Waals surface area contributed by atoms with Gasteiger partial charge in [-0.2, -0.15) is 0 Å². The van der Waals surface area contributed by atoms with Crippen LogP contribution in [0.1, 0.15) is 31.8 Å². The van der Waals surface area contributed by atoms with Crippen molar-refractivity contribution in [1.29, 1.82) is 0 Å². The van der Waals surface area contributed by atoms with Crippen LogP contribution in [-0.2, 0) is 9.59 Å². The molecule has 3 aromatic rings. The summed E-state index contributed by atoms with van der Waals surface area (Å²) in [7, 11) is 0. The van der Waals surface area contributed by atoms with E-state index >= 15 is 0 Å². The van der Waals surface area contributed by atoms with E-state index in [9.17, 15) is 19.2 Å². The van der Waals surface area contributed by atoms with Crippen molar-refractivity contribution in [3.63, 3.8) is 0 Å². The fourth-order valence-corrected chi connectivity index (χ4v) is 6.30. The van der Waals surface area contributed by atoms with E-state index < -0.39 is 23.9 Å². The molecule has 4 atom stereocenters. The third-order valence-electron chi connectivity index (χ3n) is 7.84. The van der Waals surface area contributed by atoms with Crippen molar-refractivity contribution in [3.8, 4) is 0 Å². The number of ketones is 2. The monoisotopic (exact) mass is 580 g/mol. The minimum absolute atomic E-state index is 0.172. The van der Waals surface area contributed by atoms with Gasteiger partial charge in [-0.1, -0.05) is 82.2 Å². The molecular weight excluding hydrogens is 556 g/mol. The summed E-state index contributed by atoms with van der Waals surface area (Å²) >= 11 is 3.40. The Morgan fingerprint density at radius 1 is 0.821 bits per heavy atom. The number of hydrogen-bond acceptors (Lipinski definition) is 5. The third kappa shape index (κ3) is 4.08. The van der Waals surface area contributed by atoms with Gasteiger partial charge in [-0.3, -0.25) is 19.2 Å². The van der Waals surface area contributed by atoms with E-state index in [2.05, 4.69) is 15.9 Å². The van der Waals surface area contributed by atoms with Crippen LogP contribution in [0, 0.1) is 25.7 Å². The standard InChI is InChI=1S/C32H25BrN2O4/c1-18-8-13-24(19(2)16-18)35-31(38)26-25-17-22(29(36)20-6-4-3-5-7-20)14-15-34(25)28(27(26)32(35)39)30(37)21-9-11-23(33)12-10-21/h3-17,25-28H,1-2H3/t25-,26-,27-,28+/m1/s1. The second-order valence-corrected chi connectivity index (χ2v) is 11.2. The summed E-state index contributed by atoms with van der Waals surface area (Å²) in [6.07, 6.45) is 5.12. The molecule has 39 heavy (non-hydrogen) atoms. The Morgan fingerprint density at radius 2 is 1.51 bits per heavy atom. The predicted octanol–water partition coefficient (Wildman–Crippen LogP) is 5.44. The van der Waals surface area contributed by atoms with E-state index in [-0.39, 0.29) is 23.4 Å². The molecule has 0 N–H and O–H groups in total. The van der Waals surface area contributed by atoms with Crippen molar-refractivity contribution >= 4 is 45.0 Å². The number of carbonyl (C=O) groups excluding carboxylic acids is 4. The molecule has 0 saturated carbocycles. The molecule has 0 spiro atoms. The molecule has 7 heteroatoms. The molecule has 2 saturated heterocycles. The summed E-state index contributed by atoms with van der Waals surface area (Å²) in [4.78, 5) is 58.3. The maximum Gasteiger partial charge on any atom is 0.240 e. The number of hydrogen-bond donors (Lipinski definition) is 0. The quantitative estimate of drug-likeness (QED) is 0.296. The van der Waals surface area contributed by atoms with E-state index in [1.54, 1.807) is 77.8 Å². The average molecular weight is 581 g/mol. The molecule has 6 rings (SSSR count). The predicted molar refractivity (Wildman–Crippen MR) is 151 cm³/mol. The molecule has 0 aromatic heterocycles. The summed E-state index contributed by atoms with van der Waals surface area (Å²) < 4.78 is 0.833. The van der Waals surface area contributed by atoms with Gasteiger partial charge in [0.05, 0.1) is 23.6 Å². The molecular formula is C32H25BrN2O4. The number of amides is 2. The Labute approximate surface area is 234 Å². The number of anilines is 1. The van der Waals surface area contributed by atoms with Crippen LogP contribution in [-0.4, -0.2) is 40.4 Å². The van der Waals surface area contributed by atoms with Crippen LogP contribution in [0.5, 0.6) is 0 Å². The van der Waals surface area contributed by atoms with Gasteiger partial charge in [-0.15, -0.1) is 0 Å². The largest absolute Gasteiger partial charge is 0.359 e. The van der Waals surface area contributed by atoms with Crippen LogP contribution in [0.15, 0.2) is 101 Å². The molecule has 0 unspecified atom stereocenters. The van der Waals surface area contributed by atoms with Crippen LogP contribution in [0.2, 0.25) is 0 Å². The Balaban J connectivity index is 1.44. The summed E-state index contributed by atoms with van der Waals surface area (Å²) in [5.41, 5.74) is 3.78. The minimum atomic E-state index is -0.883. The maximum atomic E-state index is 14.0. The molecule has 194 valence electrons. The lowest BCUT2D eigenvalue weighted by molar-refractivity contribution is -0.123. The number of fused-ring (bicyclic) bond motifs is 3. The lowest BCUT2D eigenvalue weighted by atomic mass is 9.85. The molecule has 2 fully saturated rings. The summed E-state index contributed by atoms with van der Waals surface area (Å²) in [5.74, 6) is -2.83. The van der Waals surface area contributed by atoms with Crippen LogP contribution in [0.4, 0.5) is 5.69 Å². The first-order valence-electron chi connectivity index (χ1n) is 12.8. The zero-order valence-electron chi connectivity index (χ0n) is 21.4. The van der Waals surface area contributed by atoms with Gasteiger partial charge in [0.25, 0.3) is 0 Å². The van der Waals surface area contributed by atoms with Crippen molar-refractivity contribution in [2.45, 2.75) is 25.9 Å². The smallest absolute Gasteiger partial charge is 0.240 e. The normalized spacial score (nSPS) is 23.5. The van der Waals surface area contributed by atoms with Crippen LogP contribution in [0.3, 0.4) is 0 Å². The van der Waals surface area contributed by atoms with Crippen molar-refractivity contribution in [2.75, 3.05) is 4.90 Å². The summed E-state index contributed by atoms with van der Waals surface area (Å²) in [5, 5.41) is 0. The topological polar surface area (TPSA) is 74.8 Å². The number of benzene rings is 3. The van der Waals surface area contributed by atoms with Gasteiger partial charge in [0, 0.05) is 27.4 Å². The number of rotatable bonds is 5. The lowest BCUT2D eigenvalue weighted by Gasteiger charge is -2.33. The van der Waals surface area contributed by atoms with E-state index in [0.717, 1.165) is 15.6 Å². The minimum Gasteiger partial charge on any atom is -0.359 e. The first-order chi connectivity index (χ1) is 18.8. The van der Waals surface area contributed by atoms with Crippen molar-refractivity contribution in [3.05, 3.63) is 123 Å². The number of allylic oxidation sites excluding steroid dienone is 2. The van der Waals surface area contributed by atoms with Gasteiger partial charge in [-0.05, 0) is 43.7 Å². The highest BCUT2D eigenvalue weighted by Crippen LogP contribution is 2.47. The Morgan fingerprint density at radius 3 is 2.21 bits per heavy atom. The molecule has 0 bridgehead atoms.